The second-order valence-corrected chi connectivity index (χ2v) is 23.6. The Bertz CT molecular complexity index is 3520. The van der Waals surface area contributed by atoms with Crippen molar-refractivity contribution in [3.8, 4) is 27.9 Å². The van der Waals surface area contributed by atoms with Crippen LogP contribution in [0.2, 0.25) is 0 Å². The van der Waals surface area contributed by atoms with Crippen LogP contribution in [0.15, 0.2) is 120 Å². The lowest BCUT2D eigenvalue weighted by Gasteiger charge is -2.43. The van der Waals surface area contributed by atoms with Gasteiger partial charge < -0.3 is 14.3 Å². The Hall–Kier alpha value is -6.00. The van der Waals surface area contributed by atoms with Crippen LogP contribution in [0, 0.1) is 0 Å². The van der Waals surface area contributed by atoms with Gasteiger partial charge in [0.05, 0.1) is 5.52 Å². The molecule has 2 aromatic heterocycles. The fourth-order valence-electron chi connectivity index (χ4n) is 12.1. The highest BCUT2D eigenvalue weighted by atomic mass is 16.3. The summed E-state index contributed by atoms with van der Waals surface area (Å²) in [6.45, 7) is 28.7. The summed E-state index contributed by atoms with van der Waals surface area (Å²) in [6.07, 6.45) is 2.30. The molecule has 0 bridgehead atoms. The van der Waals surface area contributed by atoms with Crippen molar-refractivity contribution in [3.63, 3.8) is 0 Å². The second-order valence-electron chi connectivity index (χ2n) is 23.6. The Kier molecular flexibility index (Phi) is 8.16. The molecule has 1 N–H and O–H groups in total. The highest BCUT2D eigenvalue weighted by molar-refractivity contribution is 6.74. The predicted molar refractivity (Wildman–Crippen MR) is 278 cm³/mol. The van der Waals surface area contributed by atoms with E-state index < -0.39 is 0 Å². The predicted octanol–water partition coefficient (Wildman–Crippen LogP) is 15.3. The van der Waals surface area contributed by atoms with Crippen molar-refractivity contribution in [3.05, 3.63) is 149 Å². The van der Waals surface area contributed by atoms with E-state index >= 15 is 0 Å². The van der Waals surface area contributed by atoms with Crippen LogP contribution in [0.25, 0.3) is 71.7 Å². The summed E-state index contributed by atoms with van der Waals surface area (Å²) in [4.78, 5) is 0. The summed E-state index contributed by atoms with van der Waals surface area (Å²) >= 11 is 0. The highest BCUT2D eigenvalue weighted by Crippen LogP contribution is 2.58. The molecule has 7 aromatic carbocycles. The molecule has 1 aliphatic heterocycles. The number of aromatic nitrogens is 1. The fraction of sp³-hybridized carbons (Fsp3) is 0.311. The van der Waals surface area contributed by atoms with Gasteiger partial charge in [-0.25, -0.2) is 0 Å². The summed E-state index contributed by atoms with van der Waals surface area (Å²) in [6, 6.07) is 44.1. The van der Waals surface area contributed by atoms with Crippen molar-refractivity contribution in [1.82, 2.24) is 4.57 Å². The SMILES string of the molecule is CC(C)(C)c1ccc(Nc2cc3c(cc2-c2c4c(c5c6cc(C(C)(C)C)ccc6n6c5c2[B]c2cc5oc7ccccc7c5cc2-6)-c2ccccc2C4(C)C)C(C)(C)CCC3(C)C)cc1. The minimum Gasteiger partial charge on any atom is -0.456 e. The number of rotatable bonds is 3. The Morgan fingerprint density at radius 1 is 0.585 bits per heavy atom. The summed E-state index contributed by atoms with van der Waals surface area (Å²) in [7, 11) is 2.51. The summed E-state index contributed by atoms with van der Waals surface area (Å²) in [5.74, 6) is 0. The van der Waals surface area contributed by atoms with Gasteiger partial charge in [-0.05, 0) is 145 Å². The third-order valence-corrected chi connectivity index (χ3v) is 16.0. The van der Waals surface area contributed by atoms with Gasteiger partial charge >= 0.3 is 0 Å². The van der Waals surface area contributed by atoms with Crippen LogP contribution in [0.5, 0.6) is 0 Å². The van der Waals surface area contributed by atoms with Gasteiger partial charge in [0.2, 0.25) is 0 Å². The summed E-state index contributed by atoms with van der Waals surface area (Å²) in [5, 5.41) is 9.07. The van der Waals surface area contributed by atoms with Gasteiger partial charge in [-0.15, -0.1) is 0 Å². The van der Waals surface area contributed by atoms with Gasteiger partial charge in [0.25, 0.3) is 0 Å². The fourth-order valence-corrected chi connectivity index (χ4v) is 12.1. The number of furan rings is 1. The Morgan fingerprint density at radius 3 is 1.97 bits per heavy atom. The maximum atomic E-state index is 6.65. The van der Waals surface area contributed by atoms with E-state index in [-0.39, 0.29) is 27.1 Å². The number of nitrogens with zero attached hydrogens (tertiary/aromatic N) is 1. The maximum absolute atomic E-state index is 6.65. The lowest BCUT2D eigenvalue weighted by Crippen LogP contribution is -2.39. The molecule has 9 aromatic rings. The standard InChI is InChI=1S/C61H60BN2O/c1-57(2,3)34-21-24-36(25-22-34)63-46-32-44-43(59(7,8)27-28-60(44,9)10)30-40(46)53-54-51(38-18-13-15-19-42(38)61(54,11)12)52-41-29-35(58(4,5)6)23-26-47(41)64-48-31-39-37-17-14-16-20-49(37)65-50(39)33-45(48)62-55(53)56(52)64/h13-26,29-33,63H,27-28H2,1-12H3. The number of para-hydroxylation sites is 1. The van der Waals surface area contributed by atoms with Gasteiger partial charge in [-0.1, -0.05) is 149 Å². The van der Waals surface area contributed by atoms with Crippen molar-refractivity contribution in [2.75, 3.05) is 5.32 Å². The third-order valence-electron chi connectivity index (χ3n) is 16.0. The number of anilines is 2. The van der Waals surface area contributed by atoms with Crippen LogP contribution in [-0.2, 0) is 27.1 Å². The molecular weight excluding hydrogens is 787 g/mol. The van der Waals surface area contributed by atoms with Crippen molar-refractivity contribution in [2.45, 2.75) is 123 Å². The van der Waals surface area contributed by atoms with E-state index in [2.05, 4.69) is 216 Å². The molecule has 0 saturated carbocycles. The summed E-state index contributed by atoms with van der Waals surface area (Å²) in [5.41, 5.74) is 23.7. The lowest BCUT2D eigenvalue weighted by atomic mass is 9.56. The largest absolute Gasteiger partial charge is 0.456 e. The Balaban J connectivity index is 1.27. The molecule has 12 rings (SSSR count). The molecule has 3 heterocycles. The van der Waals surface area contributed by atoms with Gasteiger partial charge in [-0.3, -0.25) is 0 Å². The van der Waals surface area contributed by atoms with Crippen LogP contribution >= 0.6 is 0 Å². The number of fused-ring (bicyclic) bond motifs is 13. The topological polar surface area (TPSA) is 30.1 Å². The monoisotopic (exact) mass is 847 g/mol. The van der Waals surface area contributed by atoms with Crippen molar-refractivity contribution < 1.29 is 4.42 Å². The molecule has 3 aliphatic rings. The van der Waals surface area contributed by atoms with Crippen molar-refractivity contribution >= 4 is 73.3 Å². The Labute approximate surface area is 385 Å². The number of hydrogen-bond donors (Lipinski definition) is 1. The molecule has 0 amide bonds. The quantitative estimate of drug-likeness (QED) is 0.180. The van der Waals surface area contributed by atoms with Crippen LogP contribution in [-0.4, -0.2) is 11.8 Å². The highest BCUT2D eigenvalue weighted by Gasteiger charge is 2.45. The first kappa shape index (κ1) is 40.5. The van der Waals surface area contributed by atoms with E-state index in [9.17, 15) is 0 Å². The molecule has 0 fully saturated rings. The van der Waals surface area contributed by atoms with Crippen LogP contribution in [0.4, 0.5) is 11.4 Å². The zero-order chi connectivity index (χ0) is 45.3. The van der Waals surface area contributed by atoms with Crippen LogP contribution in [0.1, 0.15) is 129 Å². The zero-order valence-electron chi connectivity index (χ0n) is 40.3. The number of benzene rings is 7. The van der Waals surface area contributed by atoms with Gasteiger partial charge in [-0.2, -0.15) is 0 Å². The molecule has 1 radical (unpaired) electrons. The number of hydrogen-bond acceptors (Lipinski definition) is 2. The molecule has 2 aliphatic carbocycles. The minimum atomic E-state index is -0.296. The van der Waals surface area contributed by atoms with Crippen LogP contribution < -0.4 is 16.2 Å². The van der Waals surface area contributed by atoms with Gasteiger partial charge in [0, 0.05) is 55.1 Å². The number of nitrogens with one attached hydrogen (secondary N) is 1. The van der Waals surface area contributed by atoms with E-state index in [1.54, 1.807) is 0 Å². The minimum absolute atomic E-state index is 0.0109. The van der Waals surface area contributed by atoms with Crippen molar-refractivity contribution in [2.24, 2.45) is 0 Å². The normalized spacial score (nSPS) is 16.7. The van der Waals surface area contributed by atoms with E-state index in [4.69, 9.17) is 4.42 Å². The maximum Gasteiger partial charge on any atom is 0.198 e. The molecule has 0 unspecified atom stereocenters. The molecule has 65 heavy (non-hydrogen) atoms. The average Bonchev–Trinajstić information content (AvgIpc) is 3.87. The van der Waals surface area contributed by atoms with E-state index in [0.29, 0.717) is 0 Å². The van der Waals surface area contributed by atoms with E-state index in [0.717, 1.165) is 46.2 Å². The van der Waals surface area contributed by atoms with E-state index in [1.807, 2.05) is 0 Å². The first-order chi connectivity index (χ1) is 30.7. The van der Waals surface area contributed by atoms with Gasteiger partial charge in [0.1, 0.15) is 11.2 Å². The molecule has 0 spiro atoms. The lowest BCUT2D eigenvalue weighted by molar-refractivity contribution is 0.332. The summed E-state index contributed by atoms with van der Waals surface area (Å²) < 4.78 is 9.26. The molecule has 4 heteroatoms. The third kappa shape index (κ3) is 5.74. The average molecular weight is 848 g/mol. The first-order valence-corrected chi connectivity index (χ1v) is 23.9. The molecule has 0 saturated heterocycles. The van der Waals surface area contributed by atoms with Crippen LogP contribution in [0.3, 0.4) is 0 Å². The molecule has 0 atom stereocenters. The smallest absolute Gasteiger partial charge is 0.198 e. The molecule has 3 nitrogen and oxygen atoms in total. The Morgan fingerprint density at radius 2 is 1.25 bits per heavy atom. The molecule has 323 valence electrons. The molecular formula is C61H60BN2O. The zero-order valence-corrected chi connectivity index (χ0v) is 40.3. The second kappa shape index (κ2) is 13.1. The van der Waals surface area contributed by atoms with Crippen molar-refractivity contribution in [1.29, 1.82) is 0 Å². The first-order valence-electron chi connectivity index (χ1n) is 23.9. The van der Waals surface area contributed by atoms with E-state index in [1.165, 1.54) is 94.1 Å². The van der Waals surface area contributed by atoms with Gasteiger partial charge in [0.15, 0.2) is 7.28 Å².